The van der Waals surface area contributed by atoms with E-state index in [1.165, 1.54) is 5.56 Å². The Hall–Kier alpha value is -1.35. The van der Waals surface area contributed by atoms with Crippen LogP contribution in [0.1, 0.15) is 24.0 Å². The van der Waals surface area contributed by atoms with Crippen LogP contribution < -0.4 is 5.32 Å². The van der Waals surface area contributed by atoms with Crippen LogP contribution in [0.4, 0.5) is 0 Å². The Kier molecular flexibility index (Phi) is 2.73. The van der Waals surface area contributed by atoms with Gasteiger partial charge in [0, 0.05) is 12.0 Å². The van der Waals surface area contributed by atoms with E-state index in [-0.39, 0.29) is 12.0 Å². The molecule has 1 fully saturated rings. The van der Waals surface area contributed by atoms with E-state index in [1.807, 2.05) is 24.3 Å². The van der Waals surface area contributed by atoms with Crippen molar-refractivity contribution in [2.75, 3.05) is 6.61 Å². The normalized spacial score (nSPS) is 17.1. The quantitative estimate of drug-likeness (QED) is 0.703. The molecule has 0 saturated heterocycles. The van der Waals surface area contributed by atoms with Crippen molar-refractivity contribution in [3.8, 4) is 0 Å². The minimum absolute atomic E-state index is 0.0383. The molecule has 0 heterocycles. The molecule has 80 valence electrons. The summed E-state index contributed by atoms with van der Waals surface area (Å²) in [4.78, 5) is 10.1. The van der Waals surface area contributed by atoms with E-state index in [9.17, 15) is 9.90 Å². The van der Waals surface area contributed by atoms with Gasteiger partial charge in [0.25, 0.3) is 0 Å². The Bertz CT molecular complexity index is 341. The fraction of sp³-hybridized carbons (Fsp3) is 0.417. The van der Waals surface area contributed by atoms with Gasteiger partial charge in [-0.1, -0.05) is 24.3 Å². The van der Waals surface area contributed by atoms with E-state index in [4.69, 9.17) is 0 Å². The lowest BCUT2D eigenvalue weighted by Gasteiger charge is -2.12. The molecule has 3 heteroatoms. The van der Waals surface area contributed by atoms with Gasteiger partial charge in [-0.3, -0.25) is 4.79 Å². The predicted molar refractivity (Wildman–Crippen MR) is 57.3 cm³/mol. The Balaban J connectivity index is 2.07. The Labute approximate surface area is 89.1 Å². The van der Waals surface area contributed by atoms with Crippen molar-refractivity contribution < 1.29 is 9.90 Å². The van der Waals surface area contributed by atoms with Crippen molar-refractivity contribution in [2.24, 2.45) is 0 Å². The molecule has 1 amide bonds. The van der Waals surface area contributed by atoms with Gasteiger partial charge in [-0.2, -0.15) is 0 Å². The number of benzene rings is 1. The summed E-state index contributed by atoms with van der Waals surface area (Å²) in [5.41, 5.74) is 2.33. The van der Waals surface area contributed by atoms with E-state index in [0.29, 0.717) is 13.0 Å². The van der Waals surface area contributed by atoms with Crippen LogP contribution in [0.15, 0.2) is 24.3 Å². The van der Waals surface area contributed by atoms with Gasteiger partial charge in [0.2, 0.25) is 6.41 Å². The molecule has 15 heavy (non-hydrogen) atoms. The average Bonchev–Trinajstić information content (AvgIpc) is 3.08. The van der Waals surface area contributed by atoms with Crippen molar-refractivity contribution in [1.82, 2.24) is 5.32 Å². The number of nitrogens with one attached hydrogen (secondary N) is 1. The van der Waals surface area contributed by atoms with Crippen LogP contribution >= 0.6 is 0 Å². The average molecular weight is 205 g/mol. The molecule has 1 aliphatic carbocycles. The first-order valence-corrected chi connectivity index (χ1v) is 5.18. The van der Waals surface area contributed by atoms with Crippen LogP contribution in [-0.2, 0) is 16.8 Å². The molecule has 0 radical (unpaired) electrons. The van der Waals surface area contributed by atoms with Gasteiger partial charge in [-0.15, -0.1) is 0 Å². The zero-order valence-electron chi connectivity index (χ0n) is 8.57. The molecular weight excluding hydrogens is 190 g/mol. The highest BCUT2D eigenvalue weighted by molar-refractivity contribution is 5.46. The highest BCUT2D eigenvalue weighted by Crippen LogP contribution is 2.47. The van der Waals surface area contributed by atoms with Gasteiger partial charge in [-0.25, -0.2) is 0 Å². The van der Waals surface area contributed by atoms with E-state index >= 15 is 0 Å². The lowest BCUT2D eigenvalue weighted by atomic mass is 9.96. The number of aliphatic hydroxyl groups is 1. The lowest BCUT2D eigenvalue weighted by molar-refractivity contribution is -0.109. The number of aliphatic hydroxyl groups excluding tert-OH is 1. The first-order chi connectivity index (χ1) is 7.30. The molecule has 1 saturated carbocycles. The van der Waals surface area contributed by atoms with Crippen LogP contribution in [0.3, 0.4) is 0 Å². The fourth-order valence-corrected chi connectivity index (χ4v) is 1.82. The minimum Gasteiger partial charge on any atom is -0.395 e. The highest BCUT2D eigenvalue weighted by Gasteiger charge is 2.43. The van der Waals surface area contributed by atoms with Crippen LogP contribution in [0.25, 0.3) is 0 Å². The van der Waals surface area contributed by atoms with Crippen LogP contribution in [0.5, 0.6) is 0 Å². The van der Waals surface area contributed by atoms with Gasteiger partial charge in [0.15, 0.2) is 0 Å². The number of carbonyl (C=O) groups excluding carboxylic acids is 1. The highest BCUT2D eigenvalue weighted by atomic mass is 16.3. The monoisotopic (exact) mass is 205 g/mol. The van der Waals surface area contributed by atoms with Crippen molar-refractivity contribution in [1.29, 1.82) is 0 Å². The molecule has 0 aromatic heterocycles. The van der Waals surface area contributed by atoms with E-state index in [0.717, 1.165) is 18.4 Å². The van der Waals surface area contributed by atoms with Crippen LogP contribution in [0.2, 0.25) is 0 Å². The minimum atomic E-state index is 0.0383. The summed E-state index contributed by atoms with van der Waals surface area (Å²) in [5.74, 6) is 0. The largest absolute Gasteiger partial charge is 0.395 e. The van der Waals surface area contributed by atoms with E-state index in [2.05, 4.69) is 5.32 Å². The Morgan fingerprint density at radius 1 is 1.33 bits per heavy atom. The summed E-state index contributed by atoms with van der Waals surface area (Å²) >= 11 is 0. The molecule has 0 atom stereocenters. The van der Waals surface area contributed by atoms with Crippen molar-refractivity contribution in [2.45, 2.75) is 24.8 Å². The standard InChI is InChI=1S/C12H15NO2/c14-8-12(5-6-12)11-3-1-10(2-4-11)7-13-9-15/h1-4,9,14H,5-8H2,(H,13,15). The number of amides is 1. The van der Waals surface area contributed by atoms with Gasteiger partial charge >= 0.3 is 0 Å². The number of carbonyl (C=O) groups is 1. The summed E-state index contributed by atoms with van der Waals surface area (Å²) in [6.45, 7) is 0.800. The summed E-state index contributed by atoms with van der Waals surface area (Å²) in [5, 5.41) is 11.9. The summed E-state index contributed by atoms with van der Waals surface area (Å²) in [6, 6.07) is 8.10. The predicted octanol–water partition coefficient (Wildman–Crippen LogP) is 0.956. The van der Waals surface area contributed by atoms with E-state index in [1.54, 1.807) is 0 Å². The maximum Gasteiger partial charge on any atom is 0.207 e. The molecule has 1 aromatic rings. The van der Waals surface area contributed by atoms with Gasteiger partial charge in [-0.05, 0) is 24.0 Å². The van der Waals surface area contributed by atoms with Crippen molar-refractivity contribution in [3.63, 3.8) is 0 Å². The molecule has 0 aliphatic heterocycles. The molecule has 1 aliphatic rings. The Morgan fingerprint density at radius 2 is 2.00 bits per heavy atom. The van der Waals surface area contributed by atoms with Gasteiger partial charge < -0.3 is 10.4 Å². The smallest absolute Gasteiger partial charge is 0.207 e. The number of rotatable bonds is 5. The fourth-order valence-electron chi connectivity index (χ4n) is 1.82. The zero-order valence-corrected chi connectivity index (χ0v) is 8.57. The summed E-state index contributed by atoms with van der Waals surface area (Å²) in [7, 11) is 0. The molecule has 0 unspecified atom stereocenters. The summed E-state index contributed by atoms with van der Waals surface area (Å²) < 4.78 is 0. The second-order valence-electron chi connectivity index (χ2n) is 4.13. The molecule has 2 N–H and O–H groups in total. The van der Waals surface area contributed by atoms with Crippen LogP contribution in [-0.4, -0.2) is 18.1 Å². The second-order valence-corrected chi connectivity index (χ2v) is 4.13. The summed E-state index contributed by atoms with van der Waals surface area (Å²) in [6.07, 6.45) is 2.86. The first kappa shape index (κ1) is 10.2. The topological polar surface area (TPSA) is 49.3 Å². The lowest BCUT2D eigenvalue weighted by Crippen LogP contribution is -2.13. The molecule has 0 spiro atoms. The number of hydrogen-bond donors (Lipinski definition) is 2. The molecule has 2 rings (SSSR count). The molecular formula is C12H15NO2. The maximum absolute atomic E-state index is 10.1. The van der Waals surface area contributed by atoms with Gasteiger partial charge in [0.1, 0.15) is 0 Å². The van der Waals surface area contributed by atoms with Crippen molar-refractivity contribution in [3.05, 3.63) is 35.4 Å². The second kappa shape index (κ2) is 4.03. The maximum atomic E-state index is 10.1. The number of hydrogen-bond acceptors (Lipinski definition) is 2. The first-order valence-electron chi connectivity index (χ1n) is 5.18. The molecule has 3 nitrogen and oxygen atoms in total. The third kappa shape index (κ3) is 2.02. The van der Waals surface area contributed by atoms with E-state index < -0.39 is 0 Å². The molecule has 0 bridgehead atoms. The molecule has 1 aromatic carbocycles. The third-order valence-corrected chi connectivity index (χ3v) is 3.11. The Morgan fingerprint density at radius 3 is 2.47 bits per heavy atom. The van der Waals surface area contributed by atoms with Crippen molar-refractivity contribution >= 4 is 6.41 Å². The third-order valence-electron chi connectivity index (χ3n) is 3.11. The van der Waals surface area contributed by atoms with Gasteiger partial charge in [0.05, 0.1) is 6.61 Å². The SMILES string of the molecule is O=CNCc1ccc(C2(CO)CC2)cc1. The zero-order chi connectivity index (χ0) is 10.7. The van der Waals surface area contributed by atoms with Crippen LogP contribution in [0, 0.1) is 0 Å².